The van der Waals surface area contributed by atoms with Crippen LogP contribution in [-0.2, 0) is 6.54 Å². The minimum absolute atomic E-state index is 0.617. The van der Waals surface area contributed by atoms with Crippen LogP contribution in [0.25, 0.3) is 0 Å². The molecule has 0 spiro atoms. The lowest BCUT2D eigenvalue weighted by atomic mass is 10.1. The summed E-state index contributed by atoms with van der Waals surface area (Å²) < 4.78 is 6.93. The summed E-state index contributed by atoms with van der Waals surface area (Å²) in [5.41, 5.74) is 3.47. The van der Waals surface area contributed by atoms with Crippen molar-refractivity contribution in [1.29, 1.82) is 0 Å². The Morgan fingerprint density at radius 3 is 2.45 bits per heavy atom. The van der Waals surface area contributed by atoms with E-state index in [1.165, 1.54) is 0 Å². The maximum atomic E-state index is 5.80. The molecule has 0 radical (unpaired) electrons. The largest absolute Gasteiger partial charge is 0.439 e. The van der Waals surface area contributed by atoms with Gasteiger partial charge in [-0.15, -0.1) is 0 Å². The summed E-state index contributed by atoms with van der Waals surface area (Å²) in [5, 5.41) is 3.27. The van der Waals surface area contributed by atoms with E-state index >= 15 is 0 Å². The summed E-state index contributed by atoms with van der Waals surface area (Å²) in [6.45, 7) is 7.98. The van der Waals surface area contributed by atoms with E-state index < -0.39 is 0 Å². The number of nitrogens with one attached hydrogen (secondary N) is 1. The van der Waals surface area contributed by atoms with Crippen molar-refractivity contribution in [2.75, 3.05) is 6.54 Å². The van der Waals surface area contributed by atoms with Gasteiger partial charge in [-0.2, -0.15) is 0 Å². The molecule has 0 atom stereocenters. The van der Waals surface area contributed by atoms with Crippen molar-refractivity contribution in [1.82, 2.24) is 10.3 Å². The fourth-order valence-electron chi connectivity index (χ4n) is 1.93. The van der Waals surface area contributed by atoms with Gasteiger partial charge in [-0.05, 0) is 49.2 Å². The highest BCUT2D eigenvalue weighted by molar-refractivity contribution is 9.10. The van der Waals surface area contributed by atoms with Crippen LogP contribution in [0.15, 0.2) is 34.9 Å². The summed E-state index contributed by atoms with van der Waals surface area (Å²) >= 11 is 3.55. The smallest absolute Gasteiger partial charge is 0.219 e. The summed E-state index contributed by atoms with van der Waals surface area (Å²) in [4.78, 5) is 4.33. The quantitative estimate of drug-likeness (QED) is 0.881. The Hall–Kier alpha value is -1.39. The molecule has 1 aromatic carbocycles. The molecule has 1 heterocycles. The van der Waals surface area contributed by atoms with Crippen LogP contribution in [-0.4, -0.2) is 11.5 Å². The molecular weight excluding hydrogens is 316 g/mol. The van der Waals surface area contributed by atoms with Crippen molar-refractivity contribution in [2.24, 2.45) is 0 Å². The van der Waals surface area contributed by atoms with E-state index in [0.717, 1.165) is 40.0 Å². The number of hydrogen-bond acceptors (Lipinski definition) is 3. The second-order valence-corrected chi connectivity index (χ2v) is 5.55. The van der Waals surface area contributed by atoms with Crippen molar-refractivity contribution in [3.8, 4) is 11.6 Å². The zero-order valence-corrected chi connectivity index (χ0v) is 13.6. The standard InChI is InChI=1S/C16H19BrN2O/c1-4-18-9-13-5-6-15(19-10-13)20-14-7-11(2)16(17)12(3)8-14/h5-8,10,18H,4,9H2,1-3H3. The second kappa shape index (κ2) is 6.86. The van der Waals surface area contributed by atoms with E-state index in [9.17, 15) is 0 Å². The summed E-state index contributed by atoms with van der Waals surface area (Å²) in [6, 6.07) is 7.94. The number of halogens is 1. The van der Waals surface area contributed by atoms with Crippen molar-refractivity contribution < 1.29 is 4.74 Å². The van der Waals surface area contributed by atoms with Crippen LogP contribution in [0.1, 0.15) is 23.6 Å². The first-order chi connectivity index (χ1) is 9.60. The van der Waals surface area contributed by atoms with E-state index in [2.05, 4.69) is 47.0 Å². The third-order valence-electron chi connectivity index (χ3n) is 3.01. The van der Waals surface area contributed by atoms with Crippen molar-refractivity contribution in [3.05, 3.63) is 51.6 Å². The van der Waals surface area contributed by atoms with Gasteiger partial charge >= 0.3 is 0 Å². The van der Waals surface area contributed by atoms with Gasteiger partial charge in [0.1, 0.15) is 5.75 Å². The van der Waals surface area contributed by atoms with Gasteiger partial charge in [0.2, 0.25) is 5.88 Å². The summed E-state index contributed by atoms with van der Waals surface area (Å²) in [5.74, 6) is 1.43. The van der Waals surface area contributed by atoms with E-state index in [4.69, 9.17) is 4.74 Å². The number of pyridine rings is 1. The highest BCUT2D eigenvalue weighted by Gasteiger charge is 2.05. The molecule has 2 aromatic rings. The average molecular weight is 335 g/mol. The highest BCUT2D eigenvalue weighted by Crippen LogP contribution is 2.28. The molecule has 0 unspecified atom stereocenters. The van der Waals surface area contributed by atoms with Crippen LogP contribution >= 0.6 is 15.9 Å². The lowest BCUT2D eigenvalue weighted by Crippen LogP contribution is -2.11. The van der Waals surface area contributed by atoms with Crippen LogP contribution in [0.2, 0.25) is 0 Å². The molecule has 0 aliphatic rings. The molecular formula is C16H19BrN2O. The van der Waals surface area contributed by atoms with E-state index in [0.29, 0.717) is 5.88 Å². The van der Waals surface area contributed by atoms with Gasteiger partial charge in [0.25, 0.3) is 0 Å². The van der Waals surface area contributed by atoms with Crippen LogP contribution < -0.4 is 10.1 Å². The van der Waals surface area contributed by atoms with Crippen LogP contribution in [0.3, 0.4) is 0 Å². The lowest BCUT2D eigenvalue weighted by Gasteiger charge is -2.09. The lowest BCUT2D eigenvalue weighted by molar-refractivity contribution is 0.461. The van der Waals surface area contributed by atoms with Gasteiger partial charge in [-0.1, -0.05) is 28.9 Å². The molecule has 2 rings (SSSR count). The molecule has 1 aromatic heterocycles. The number of nitrogens with zero attached hydrogens (tertiary/aromatic N) is 1. The van der Waals surface area contributed by atoms with Crippen LogP contribution in [0, 0.1) is 13.8 Å². The number of hydrogen-bond donors (Lipinski definition) is 1. The third kappa shape index (κ3) is 3.81. The summed E-state index contributed by atoms with van der Waals surface area (Å²) in [6.07, 6.45) is 1.84. The zero-order valence-electron chi connectivity index (χ0n) is 12.0. The first-order valence-corrected chi connectivity index (χ1v) is 7.49. The number of ether oxygens (including phenoxy) is 1. The molecule has 0 amide bonds. The zero-order chi connectivity index (χ0) is 14.5. The van der Waals surface area contributed by atoms with Gasteiger partial charge in [0, 0.05) is 23.3 Å². The van der Waals surface area contributed by atoms with Crippen LogP contribution in [0.5, 0.6) is 11.6 Å². The molecule has 1 N–H and O–H groups in total. The normalized spacial score (nSPS) is 10.6. The number of aryl methyl sites for hydroxylation is 2. The van der Waals surface area contributed by atoms with E-state index in [1.807, 2.05) is 30.5 Å². The Morgan fingerprint density at radius 1 is 1.20 bits per heavy atom. The SMILES string of the molecule is CCNCc1ccc(Oc2cc(C)c(Br)c(C)c2)nc1. The Morgan fingerprint density at radius 2 is 1.90 bits per heavy atom. The van der Waals surface area contributed by atoms with Crippen molar-refractivity contribution in [2.45, 2.75) is 27.3 Å². The summed E-state index contributed by atoms with van der Waals surface area (Å²) in [7, 11) is 0. The maximum absolute atomic E-state index is 5.80. The minimum atomic E-state index is 0.617. The van der Waals surface area contributed by atoms with Gasteiger partial charge in [-0.25, -0.2) is 4.98 Å². The molecule has 0 aliphatic carbocycles. The van der Waals surface area contributed by atoms with E-state index in [-0.39, 0.29) is 0 Å². The molecule has 0 aliphatic heterocycles. The Kier molecular flexibility index (Phi) is 5.15. The number of aromatic nitrogens is 1. The van der Waals surface area contributed by atoms with Gasteiger partial charge < -0.3 is 10.1 Å². The second-order valence-electron chi connectivity index (χ2n) is 4.76. The third-order valence-corrected chi connectivity index (χ3v) is 4.26. The van der Waals surface area contributed by atoms with Crippen molar-refractivity contribution in [3.63, 3.8) is 0 Å². The first-order valence-electron chi connectivity index (χ1n) is 6.70. The Bertz CT molecular complexity index is 559. The van der Waals surface area contributed by atoms with E-state index in [1.54, 1.807) is 0 Å². The molecule has 0 saturated heterocycles. The van der Waals surface area contributed by atoms with Gasteiger partial charge in [0.05, 0.1) is 0 Å². The van der Waals surface area contributed by atoms with Crippen LogP contribution in [0.4, 0.5) is 0 Å². The highest BCUT2D eigenvalue weighted by atomic mass is 79.9. The predicted octanol–water partition coefficient (Wildman–Crippen LogP) is 4.36. The molecule has 0 bridgehead atoms. The number of benzene rings is 1. The Labute approximate surface area is 128 Å². The van der Waals surface area contributed by atoms with Crippen molar-refractivity contribution >= 4 is 15.9 Å². The number of rotatable bonds is 5. The monoisotopic (exact) mass is 334 g/mol. The fraction of sp³-hybridized carbons (Fsp3) is 0.312. The Balaban J connectivity index is 2.10. The predicted molar refractivity (Wildman–Crippen MR) is 85.3 cm³/mol. The first kappa shape index (κ1) is 15.0. The maximum Gasteiger partial charge on any atom is 0.219 e. The molecule has 0 saturated carbocycles. The molecule has 0 fully saturated rings. The molecule has 4 heteroatoms. The fourth-order valence-corrected chi connectivity index (χ4v) is 2.16. The molecule has 106 valence electrons. The topological polar surface area (TPSA) is 34.1 Å². The van der Waals surface area contributed by atoms with Gasteiger partial charge in [0.15, 0.2) is 0 Å². The van der Waals surface area contributed by atoms with Gasteiger partial charge in [-0.3, -0.25) is 0 Å². The minimum Gasteiger partial charge on any atom is -0.439 e. The average Bonchev–Trinajstić information content (AvgIpc) is 2.44. The molecule has 3 nitrogen and oxygen atoms in total. The molecule has 20 heavy (non-hydrogen) atoms.